The van der Waals surface area contributed by atoms with Gasteiger partial charge >= 0.3 is 5.97 Å². The zero-order valence-corrected chi connectivity index (χ0v) is 12.1. The molecule has 2 bridgehead atoms. The maximum absolute atomic E-state index is 12.2. The van der Waals surface area contributed by atoms with Gasteiger partial charge in [-0.15, -0.1) is 0 Å². The van der Waals surface area contributed by atoms with Crippen molar-refractivity contribution in [3.8, 4) is 0 Å². The second-order valence-electron chi connectivity index (χ2n) is 6.01. The summed E-state index contributed by atoms with van der Waals surface area (Å²) in [6.45, 7) is 2.24. The number of hydrogen-bond acceptors (Lipinski definition) is 3. The van der Waals surface area contributed by atoms with E-state index in [0.717, 1.165) is 24.1 Å². The number of hydrogen-bond donors (Lipinski definition) is 2. The standard InChI is InChI=1S/C16H20N2O3/c1-10-4-2-3-5-13(10)17-15(19)9-18-11-6-7-14(18)12(8-11)16(20)21/h2-5,11-12,14H,6-9H2,1H3,(H,17,19)(H,20,21). The van der Waals surface area contributed by atoms with Crippen LogP contribution in [0.1, 0.15) is 24.8 Å². The van der Waals surface area contributed by atoms with Gasteiger partial charge in [0.15, 0.2) is 0 Å². The number of aryl methyl sites for hydroxylation is 1. The van der Waals surface area contributed by atoms with Gasteiger partial charge in [0.25, 0.3) is 0 Å². The van der Waals surface area contributed by atoms with Crippen molar-refractivity contribution in [2.24, 2.45) is 5.92 Å². The van der Waals surface area contributed by atoms with Crippen molar-refractivity contribution in [1.29, 1.82) is 0 Å². The number of benzene rings is 1. The second kappa shape index (κ2) is 5.48. The molecule has 2 heterocycles. The number of carbonyl (C=O) groups excluding carboxylic acids is 1. The van der Waals surface area contributed by atoms with E-state index in [9.17, 15) is 14.7 Å². The molecule has 0 aliphatic carbocycles. The minimum Gasteiger partial charge on any atom is -0.481 e. The maximum atomic E-state index is 12.2. The van der Waals surface area contributed by atoms with Gasteiger partial charge in [-0.2, -0.15) is 0 Å². The molecular weight excluding hydrogens is 268 g/mol. The average Bonchev–Trinajstić information content (AvgIpc) is 2.98. The summed E-state index contributed by atoms with van der Waals surface area (Å²) in [5.74, 6) is -1.10. The van der Waals surface area contributed by atoms with E-state index >= 15 is 0 Å². The summed E-state index contributed by atoms with van der Waals surface area (Å²) in [7, 11) is 0. The Kier molecular flexibility index (Phi) is 3.68. The summed E-state index contributed by atoms with van der Waals surface area (Å²) >= 11 is 0. The molecule has 2 aliphatic rings. The molecule has 0 saturated carbocycles. The lowest BCUT2D eigenvalue weighted by atomic mass is 9.89. The quantitative estimate of drug-likeness (QED) is 0.887. The number of aliphatic carboxylic acids is 1. The average molecular weight is 288 g/mol. The van der Waals surface area contributed by atoms with Crippen molar-refractivity contribution in [3.63, 3.8) is 0 Å². The highest BCUT2D eigenvalue weighted by molar-refractivity contribution is 5.93. The van der Waals surface area contributed by atoms with E-state index in [1.807, 2.05) is 31.2 Å². The predicted molar refractivity (Wildman–Crippen MR) is 79.1 cm³/mol. The van der Waals surface area contributed by atoms with Crippen LogP contribution >= 0.6 is 0 Å². The molecule has 5 heteroatoms. The van der Waals surface area contributed by atoms with E-state index in [1.165, 1.54) is 0 Å². The lowest BCUT2D eigenvalue weighted by molar-refractivity contribution is -0.142. The van der Waals surface area contributed by atoms with E-state index in [4.69, 9.17) is 0 Å². The number of carboxylic acids is 1. The molecule has 2 saturated heterocycles. The van der Waals surface area contributed by atoms with Gasteiger partial charge < -0.3 is 10.4 Å². The molecule has 2 fully saturated rings. The first-order valence-electron chi connectivity index (χ1n) is 7.40. The summed E-state index contributed by atoms with van der Waals surface area (Å²) in [5, 5.41) is 12.2. The van der Waals surface area contributed by atoms with Gasteiger partial charge in [0.1, 0.15) is 0 Å². The van der Waals surface area contributed by atoms with E-state index in [1.54, 1.807) is 0 Å². The number of para-hydroxylation sites is 1. The van der Waals surface area contributed by atoms with Crippen molar-refractivity contribution >= 4 is 17.6 Å². The third kappa shape index (κ3) is 2.65. The monoisotopic (exact) mass is 288 g/mol. The van der Waals surface area contributed by atoms with Crippen LogP contribution in [0.15, 0.2) is 24.3 Å². The maximum Gasteiger partial charge on any atom is 0.308 e. The van der Waals surface area contributed by atoms with Gasteiger partial charge in [-0.25, -0.2) is 0 Å². The molecule has 112 valence electrons. The van der Waals surface area contributed by atoms with Crippen LogP contribution in [0.2, 0.25) is 0 Å². The van der Waals surface area contributed by atoms with Gasteiger partial charge in [0.2, 0.25) is 5.91 Å². The fourth-order valence-corrected chi connectivity index (χ4v) is 3.68. The highest BCUT2D eigenvalue weighted by atomic mass is 16.4. The predicted octanol–water partition coefficient (Wildman–Crippen LogP) is 1.87. The molecule has 1 aromatic rings. The van der Waals surface area contributed by atoms with Gasteiger partial charge in [0.05, 0.1) is 12.5 Å². The van der Waals surface area contributed by atoms with Crippen LogP contribution in [0.5, 0.6) is 0 Å². The van der Waals surface area contributed by atoms with E-state index < -0.39 is 5.97 Å². The minimum absolute atomic E-state index is 0.0233. The number of fused-ring (bicyclic) bond motifs is 2. The first kappa shape index (κ1) is 14.1. The van der Waals surface area contributed by atoms with Crippen molar-refractivity contribution in [1.82, 2.24) is 4.90 Å². The summed E-state index contributed by atoms with van der Waals surface area (Å²) in [4.78, 5) is 25.5. The fraction of sp³-hybridized carbons (Fsp3) is 0.500. The Bertz CT molecular complexity index is 572. The van der Waals surface area contributed by atoms with Crippen LogP contribution in [0.4, 0.5) is 5.69 Å². The molecule has 3 atom stereocenters. The highest BCUT2D eigenvalue weighted by Crippen LogP contribution is 2.41. The topological polar surface area (TPSA) is 69.6 Å². The molecule has 1 aromatic carbocycles. The molecule has 2 N–H and O–H groups in total. The number of nitrogens with zero attached hydrogens (tertiary/aromatic N) is 1. The number of anilines is 1. The zero-order chi connectivity index (χ0) is 15.0. The molecule has 21 heavy (non-hydrogen) atoms. The van der Waals surface area contributed by atoms with E-state index in [-0.39, 0.29) is 30.5 Å². The molecule has 1 amide bonds. The summed E-state index contributed by atoms with van der Waals surface area (Å²) < 4.78 is 0. The number of carboxylic acid groups (broad SMARTS) is 1. The molecule has 0 spiro atoms. The summed E-state index contributed by atoms with van der Waals surface area (Å²) in [6.07, 6.45) is 2.57. The molecular formula is C16H20N2O3. The van der Waals surface area contributed by atoms with Crippen molar-refractivity contribution in [2.45, 2.75) is 38.3 Å². The van der Waals surface area contributed by atoms with Crippen molar-refractivity contribution in [3.05, 3.63) is 29.8 Å². The van der Waals surface area contributed by atoms with Crippen LogP contribution in [-0.4, -0.2) is 40.5 Å². The molecule has 3 unspecified atom stereocenters. The van der Waals surface area contributed by atoms with Crippen LogP contribution in [-0.2, 0) is 9.59 Å². The molecule has 3 rings (SSSR count). The summed E-state index contributed by atoms with van der Waals surface area (Å²) in [6, 6.07) is 7.93. The lowest BCUT2D eigenvalue weighted by Gasteiger charge is -2.22. The summed E-state index contributed by atoms with van der Waals surface area (Å²) in [5.41, 5.74) is 1.85. The normalized spacial score (nSPS) is 27.8. The lowest BCUT2D eigenvalue weighted by Crippen LogP contribution is -2.38. The third-order valence-electron chi connectivity index (χ3n) is 4.74. The minimum atomic E-state index is -0.730. The fourth-order valence-electron chi connectivity index (χ4n) is 3.68. The molecule has 0 aromatic heterocycles. The van der Waals surface area contributed by atoms with Gasteiger partial charge in [-0.3, -0.25) is 14.5 Å². The van der Waals surface area contributed by atoms with E-state index in [2.05, 4.69) is 10.2 Å². The van der Waals surface area contributed by atoms with Crippen molar-refractivity contribution in [2.75, 3.05) is 11.9 Å². The van der Waals surface area contributed by atoms with Gasteiger partial charge in [-0.1, -0.05) is 18.2 Å². The SMILES string of the molecule is Cc1ccccc1NC(=O)CN1C2CCC1C(C(=O)O)C2. The molecule has 2 aliphatic heterocycles. The molecule has 5 nitrogen and oxygen atoms in total. The van der Waals surface area contributed by atoms with Crippen LogP contribution in [0.3, 0.4) is 0 Å². The first-order valence-corrected chi connectivity index (χ1v) is 7.40. The molecule has 0 radical (unpaired) electrons. The number of rotatable bonds is 4. The highest BCUT2D eigenvalue weighted by Gasteiger charge is 2.49. The second-order valence-corrected chi connectivity index (χ2v) is 6.01. The Labute approximate surface area is 123 Å². The smallest absolute Gasteiger partial charge is 0.308 e. The van der Waals surface area contributed by atoms with E-state index in [0.29, 0.717) is 6.42 Å². The van der Waals surface area contributed by atoms with Crippen LogP contribution in [0.25, 0.3) is 0 Å². The third-order valence-corrected chi connectivity index (χ3v) is 4.74. The Hall–Kier alpha value is -1.88. The zero-order valence-electron chi connectivity index (χ0n) is 12.1. The van der Waals surface area contributed by atoms with Gasteiger partial charge in [0, 0.05) is 17.8 Å². The Morgan fingerprint density at radius 1 is 1.33 bits per heavy atom. The Balaban J connectivity index is 1.64. The number of amides is 1. The van der Waals surface area contributed by atoms with Gasteiger partial charge in [-0.05, 0) is 37.8 Å². The first-order chi connectivity index (χ1) is 10.1. The number of carbonyl (C=O) groups is 2. The largest absolute Gasteiger partial charge is 0.481 e. The van der Waals surface area contributed by atoms with Crippen LogP contribution < -0.4 is 5.32 Å². The Morgan fingerprint density at radius 2 is 2.10 bits per heavy atom. The van der Waals surface area contributed by atoms with Crippen LogP contribution in [0, 0.1) is 12.8 Å². The van der Waals surface area contributed by atoms with Crippen molar-refractivity contribution < 1.29 is 14.7 Å². The Morgan fingerprint density at radius 3 is 2.76 bits per heavy atom. The number of nitrogens with one attached hydrogen (secondary N) is 1.